The maximum atomic E-state index is 6.14. The fourth-order valence-corrected chi connectivity index (χ4v) is 5.44. The van der Waals surface area contributed by atoms with Crippen LogP contribution in [0.25, 0.3) is 0 Å². The molecule has 0 aliphatic carbocycles. The molecule has 0 saturated carbocycles. The van der Waals surface area contributed by atoms with Crippen molar-refractivity contribution >= 4 is 11.4 Å². The number of nitrogens with zero attached hydrogens (tertiary/aromatic N) is 2. The van der Waals surface area contributed by atoms with E-state index in [0.717, 1.165) is 50.6 Å². The number of epoxide rings is 2. The zero-order valence-corrected chi connectivity index (χ0v) is 23.8. The SMILES string of the molecule is CCCCc1cc(N2CC(C)N(c3ccc(OCC4CO4)c(CCCC)c3)CC2C)ccc1OCC1CO1. The molecule has 38 heavy (non-hydrogen) atoms. The van der Waals surface area contributed by atoms with Gasteiger partial charge in [0, 0.05) is 36.5 Å². The van der Waals surface area contributed by atoms with Crippen molar-refractivity contribution in [2.75, 3.05) is 49.3 Å². The molecule has 2 aromatic carbocycles. The van der Waals surface area contributed by atoms with E-state index >= 15 is 0 Å². The number of rotatable bonds is 14. The van der Waals surface area contributed by atoms with E-state index < -0.39 is 0 Å². The molecule has 2 aromatic rings. The molecule has 0 bridgehead atoms. The fraction of sp³-hybridized carbons (Fsp3) is 0.625. The van der Waals surface area contributed by atoms with Gasteiger partial charge in [-0.1, -0.05) is 26.7 Å². The van der Waals surface area contributed by atoms with Crippen molar-refractivity contribution in [2.24, 2.45) is 0 Å². The van der Waals surface area contributed by atoms with E-state index in [-0.39, 0.29) is 12.2 Å². The van der Waals surface area contributed by atoms with Crippen molar-refractivity contribution in [2.45, 2.75) is 90.5 Å². The van der Waals surface area contributed by atoms with Crippen LogP contribution in [-0.4, -0.2) is 63.8 Å². The largest absolute Gasteiger partial charge is 0.491 e. The molecule has 4 atom stereocenters. The minimum atomic E-state index is 0.276. The van der Waals surface area contributed by atoms with Crippen molar-refractivity contribution in [3.05, 3.63) is 47.5 Å². The first-order chi connectivity index (χ1) is 18.6. The lowest BCUT2D eigenvalue weighted by atomic mass is 10.0. The van der Waals surface area contributed by atoms with Crippen molar-refractivity contribution in [1.29, 1.82) is 0 Å². The number of benzene rings is 2. The Morgan fingerprint density at radius 3 is 1.50 bits per heavy atom. The normalized spacial score (nSPS) is 24.4. The van der Waals surface area contributed by atoms with Crippen LogP contribution in [0.1, 0.15) is 64.5 Å². The van der Waals surface area contributed by atoms with Gasteiger partial charge in [-0.05, 0) is 87.1 Å². The molecule has 208 valence electrons. The Morgan fingerprint density at radius 2 is 1.13 bits per heavy atom. The van der Waals surface area contributed by atoms with E-state index in [1.807, 2.05) is 0 Å². The Bertz CT molecular complexity index is 968. The zero-order chi connectivity index (χ0) is 26.5. The number of hydrogen-bond acceptors (Lipinski definition) is 6. The predicted octanol–water partition coefficient (Wildman–Crippen LogP) is 6.03. The van der Waals surface area contributed by atoms with Crippen molar-refractivity contribution in [1.82, 2.24) is 0 Å². The van der Waals surface area contributed by atoms with Crippen LogP contribution < -0.4 is 19.3 Å². The molecule has 3 aliphatic rings. The molecule has 0 N–H and O–H groups in total. The molecule has 0 radical (unpaired) electrons. The molecule has 0 amide bonds. The van der Waals surface area contributed by atoms with E-state index in [2.05, 4.69) is 73.9 Å². The average molecular weight is 523 g/mol. The molecular weight excluding hydrogens is 476 g/mol. The van der Waals surface area contributed by atoms with Crippen molar-refractivity contribution in [3.63, 3.8) is 0 Å². The van der Waals surface area contributed by atoms with Crippen molar-refractivity contribution in [3.8, 4) is 11.5 Å². The van der Waals surface area contributed by atoms with Crippen LogP contribution in [0.3, 0.4) is 0 Å². The summed E-state index contributed by atoms with van der Waals surface area (Å²) < 4.78 is 23.0. The molecule has 3 heterocycles. The van der Waals surface area contributed by atoms with Gasteiger partial charge in [-0.15, -0.1) is 0 Å². The van der Waals surface area contributed by atoms with Gasteiger partial charge in [0.1, 0.15) is 36.9 Å². The van der Waals surface area contributed by atoms with Gasteiger partial charge in [0.25, 0.3) is 0 Å². The average Bonchev–Trinajstić information content (AvgIpc) is 3.85. The Balaban J connectivity index is 1.29. The van der Waals surface area contributed by atoms with Crippen LogP contribution in [0, 0.1) is 0 Å². The molecule has 6 heteroatoms. The quantitative estimate of drug-likeness (QED) is 0.282. The first kappa shape index (κ1) is 27.1. The van der Waals surface area contributed by atoms with E-state index in [1.165, 1.54) is 48.2 Å². The van der Waals surface area contributed by atoms with Crippen LogP contribution in [0.5, 0.6) is 11.5 Å². The van der Waals surface area contributed by atoms with E-state index in [9.17, 15) is 0 Å². The van der Waals surface area contributed by atoms with Gasteiger partial charge in [0.05, 0.1) is 13.2 Å². The Morgan fingerprint density at radius 1 is 0.711 bits per heavy atom. The molecular formula is C32H46N2O4. The summed E-state index contributed by atoms with van der Waals surface area (Å²) in [7, 11) is 0. The van der Waals surface area contributed by atoms with Gasteiger partial charge in [-0.2, -0.15) is 0 Å². The number of hydrogen-bond donors (Lipinski definition) is 0. The molecule has 4 unspecified atom stereocenters. The summed E-state index contributed by atoms with van der Waals surface area (Å²) in [5, 5.41) is 0. The number of piperazine rings is 1. The number of ether oxygens (including phenoxy) is 4. The molecule has 0 aromatic heterocycles. The summed E-state index contributed by atoms with van der Waals surface area (Å²) >= 11 is 0. The molecule has 3 aliphatic heterocycles. The maximum Gasteiger partial charge on any atom is 0.122 e. The topological polar surface area (TPSA) is 50.0 Å². The fourth-order valence-electron chi connectivity index (χ4n) is 5.44. The number of anilines is 2. The lowest BCUT2D eigenvalue weighted by Gasteiger charge is -2.46. The van der Waals surface area contributed by atoms with Crippen LogP contribution in [0.15, 0.2) is 36.4 Å². The highest BCUT2D eigenvalue weighted by atomic mass is 16.6. The van der Waals surface area contributed by atoms with Gasteiger partial charge in [-0.25, -0.2) is 0 Å². The molecule has 3 saturated heterocycles. The van der Waals surface area contributed by atoms with Crippen molar-refractivity contribution < 1.29 is 18.9 Å². The first-order valence-electron chi connectivity index (χ1n) is 14.8. The second-order valence-electron chi connectivity index (χ2n) is 11.3. The highest BCUT2D eigenvalue weighted by molar-refractivity contribution is 5.59. The van der Waals surface area contributed by atoms with Gasteiger partial charge in [0.15, 0.2) is 0 Å². The second kappa shape index (κ2) is 12.6. The summed E-state index contributed by atoms with van der Waals surface area (Å²) in [4.78, 5) is 5.16. The Labute approximate surface area is 229 Å². The summed E-state index contributed by atoms with van der Waals surface area (Å²) in [5.41, 5.74) is 5.25. The third-order valence-corrected chi connectivity index (χ3v) is 7.99. The zero-order valence-electron chi connectivity index (χ0n) is 23.8. The standard InChI is InChI=1S/C32H46N2O4/c1-5-7-9-25-15-27(11-13-31(25)37-21-29-19-35-29)33-17-24(4)34(18-23(33)3)28-12-14-32(38-22-30-20-36-30)26(16-28)10-8-6-2/h11-16,23-24,29-30H,5-10,17-22H2,1-4H3. The third-order valence-electron chi connectivity index (χ3n) is 7.99. The molecule has 5 rings (SSSR count). The summed E-state index contributed by atoms with van der Waals surface area (Å²) in [6, 6.07) is 14.4. The minimum absolute atomic E-state index is 0.276. The van der Waals surface area contributed by atoms with Gasteiger partial charge >= 0.3 is 0 Å². The monoisotopic (exact) mass is 522 g/mol. The molecule has 3 fully saturated rings. The lowest BCUT2D eigenvalue weighted by molar-refractivity contribution is 0.261. The van der Waals surface area contributed by atoms with Crippen LogP contribution in [0.2, 0.25) is 0 Å². The summed E-state index contributed by atoms with van der Waals surface area (Å²) in [6.45, 7) is 14.2. The lowest BCUT2D eigenvalue weighted by Crippen LogP contribution is -2.56. The van der Waals surface area contributed by atoms with Crippen LogP contribution >= 0.6 is 0 Å². The maximum absolute atomic E-state index is 6.14. The predicted molar refractivity (Wildman–Crippen MR) is 154 cm³/mol. The Hall–Kier alpha value is -2.44. The first-order valence-corrected chi connectivity index (χ1v) is 14.8. The van der Waals surface area contributed by atoms with E-state index in [1.54, 1.807) is 0 Å². The van der Waals surface area contributed by atoms with Gasteiger partial charge in [-0.3, -0.25) is 0 Å². The molecule has 6 nitrogen and oxygen atoms in total. The second-order valence-corrected chi connectivity index (χ2v) is 11.3. The molecule has 0 spiro atoms. The number of unbranched alkanes of at least 4 members (excludes halogenated alkanes) is 2. The van der Waals surface area contributed by atoms with Gasteiger partial charge < -0.3 is 28.7 Å². The highest BCUT2D eigenvalue weighted by Crippen LogP contribution is 2.34. The van der Waals surface area contributed by atoms with Gasteiger partial charge in [0.2, 0.25) is 0 Å². The van der Waals surface area contributed by atoms with Crippen LogP contribution in [0.4, 0.5) is 11.4 Å². The Kier molecular flexibility index (Phi) is 9.01. The highest BCUT2D eigenvalue weighted by Gasteiger charge is 2.31. The van der Waals surface area contributed by atoms with E-state index in [0.29, 0.717) is 25.3 Å². The van der Waals surface area contributed by atoms with E-state index in [4.69, 9.17) is 18.9 Å². The minimum Gasteiger partial charge on any atom is -0.491 e. The van der Waals surface area contributed by atoms with Crippen LogP contribution in [-0.2, 0) is 22.3 Å². The summed E-state index contributed by atoms with van der Waals surface area (Å²) in [5.74, 6) is 2.04. The number of aryl methyl sites for hydroxylation is 2. The third kappa shape index (κ3) is 6.95. The summed E-state index contributed by atoms with van der Waals surface area (Å²) in [6.07, 6.45) is 7.37. The smallest absolute Gasteiger partial charge is 0.122 e.